The summed E-state index contributed by atoms with van der Waals surface area (Å²) in [6, 6.07) is 0. The van der Waals surface area contributed by atoms with Gasteiger partial charge in [-0.25, -0.2) is 9.28 Å². The van der Waals surface area contributed by atoms with Gasteiger partial charge < -0.3 is 10.0 Å². The second-order valence-electron chi connectivity index (χ2n) is 4.69. The van der Waals surface area contributed by atoms with Crippen molar-refractivity contribution >= 4 is 33.0 Å². The number of fused-ring (bicyclic) bond motifs is 1. The van der Waals surface area contributed by atoms with Crippen LogP contribution in [-0.4, -0.2) is 51.7 Å². The molecule has 0 aliphatic carbocycles. The van der Waals surface area contributed by atoms with Crippen LogP contribution in [0.2, 0.25) is 0 Å². The third kappa shape index (κ3) is 1.47. The number of carboxylic acid groups (broad SMARTS) is 1. The normalized spacial score (nSPS) is 30.3. The first-order valence-corrected chi connectivity index (χ1v) is 6.36. The van der Waals surface area contributed by atoms with Gasteiger partial charge in [-0.3, -0.25) is 4.99 Å². The Morgan fingerprint density at radius 1 is 1.61 bits per heavy atom. The first-order chi connectivity index (χ1) is 8.52. The fourth-order valence-corrected chi connectivity index (χ4v) is 2.82. The number of hydrogen-bond donors (Lipinski definition) is 1. The number of hydrogen-bond acceptors (Lipinski definition) is 3. The number of amidine groups is 1. The number of likely N-dealkylation sites (tertiary alicyclic amines) is 1. The molecule has 7 heteroatoms. The summed E-state index contributed by atoms with van der Waals surface area (Å²) in [5.41, 5.74) is 1.95. The minimum atomic E-state index is -0.868. The first-order valence-electron chi connectivity index (χ1n) is 5.57. The van der Waals surface area contributed by atoms with Crippen LogP contribution in [0.4, 0.5) is 4.79 Å². The van der Waals surface area contributed by atoms with E-state index < -0.39 is 6.09 Å². The Labute approximate surface area is 112 Å². The van der Waals surface area contributed by atoms with Gasteiger partial charge in [0.25, 0.3) is 4.74 Å². The topological polar surface area (TPSA) is 65.3 Å². The molecule has 0 bridgehead atoms. The molecule has 3 heterocycles. The van der Waals surface area contributed by atoms with Crippen LogP contribution >= 0.6 is 15.9 Å². The second kappa shape index (κ2) is 3.76. The van der Waals surface area contributed by atoms with E-state index in [1.807, 2.05) is 13.2 Å². The fourth-order valence-electron chi connectivity index (χ4n) is 2.32. The summed E-state index contributed by atoms with van der Waals surface area (Å²) in [5.74, 6) is 0.168. The van der Waals surface area contributed by atoms with Gasteiger partial charge in [-0.2, -0.15) is 4.99 Å². The lowest BCUT2D eigenvalue weighted by atomic mass is 9.95. The third-order valence-corrected chi connectivity index (χ3v) is 4.46. The minimum Gasteiger partial charge on any atom is -0.465 e. The van der Waals surface area contributed by atoms with Gasteiger partial charge in [-0.1, -0.05) is 0 Å². The molecule has 1 N–H and O–H groups in total. The Kier molecular flexibility index (Phi) is 2.43. The predicted molar refractivity (Wildman–Crippen MR) is 70.3 cm³/mol. The molecule has 0 aromatic heterocycles. The lowest BCUT2D eigenvalue weighted by molar-refractivity contribution is -0.709. The zero-order chi connectivity index (χ0) is 12.9. The highest BCUT2D eigenvalue weighted by atomic mass is 79.9. The van der Waals surface area contributed by atoms with E-state index in [2.05, 4.69) is 25.9 Å². The highest BCUT2D eigenvalue weighted by molar-refractivity contribution is 9.18. The SMILES string of the molecule is C[N+]12C=CN=CC1=C(C1CN(C(=O)O)C1)N=C2Br. The number of nitrogens with zero attached hydrogens (tertiary/aromatic N) is 4. The van der Waals surface area contributed by atoms with Crippen molar-refractivity contribution in [2.24, 2.45) is 15.9 Å². The summed E-state index contributed by atoms with van der Waals surface area (Å²) in [5, 5.41) is 8.85. The molecule has 1 amide bonds. The molecule has 1 unspecified atom stereocenters. The Balaban J connectivity index is 1.90. The van der Waals surface area contributed by atoms with Gasteiger partial charge in [0.15, 0.2) is 5.70 Å². The van der Waals surface area contributed by atoms with Gasteiger partial charge in [0.05, 0.1) is 19.5 Å². The van der Waals surface area contributed by atoms with Crippen LogP contribution in [0.1, 0.15) is 0 Å². The molecular formula is C11H12BrN4O2+. The maximum absolute atomic E-state index is 10.8. The molecule has 94 valence electrons. The van der Waals surface area contributed by atoms with Crippen molar-refractivity contribution in [2.45, 2.75) is 0 Å². The van der Waals surface area contributed by atoms with Crippen LogP contribution in [0.25, 0.3) is 0 Å². The summed E-state index contributed by atoms with van der Waals surface area (Å²) >= 11 is 3.48. The molecule has 0 saturated carbocycles. The molecule has 3 aliphatic heterocycles. The van der Waals surface area contributed by atoms with E-state index in [1.54, 1.807) is 12.4 Å². The van der Waals surface area contributed by atoms with Crippen molar-refractivity contribution in [1.82, 2.24) is 4.90 Å². The van der Waals surface area contributed by atoms with Gasteiger partial charge >= 0.3 is 6.09 Å². The summed E-state index contributed by atoms with van der Waals surface area (Å²) in [7, 11) is 2.02. The summed E-state index contributed by atoms with van der Waals surface area (Å²) in [4.78, 5) is 20.8. The maximum atomic E-state index is 10.8. The van der Waals surface area contributed by atoms with Crippen molar-refractivity contribution in [3.8, 4) is 0 Å². The first kappa shape index (κ1) is 11.6. The fraction of sp³-hybridized carbons (Fsp3) is 0.364. The van der Waals surface area contributed by atoms with Gasteiger partial charge in [-0.15, -0.1) is 0 Å². The van der Waals surface area contributed by atoms with Crippen molar-refractivity contribution in [1.29, 1.82) is 0 Å². The number of allylic oxidation sites excluding steroid dienone is 1. The molecule has 1 atom stereocenters. The highest BCUT2D eigenvalue weighted by Crippen LogP contribution is 2.38. The average Bonchev–Trinajstić information content (AvgIpc) is 2.49. The number of quaternary nitrogens is 1. The van der Waals surface area contributed by atoms with Crippen molar-refractivity contribution in [3.63, 3.8) is 0 Å². The van der Waals surface area contributed by atoms with Gasteiger partial charge in [0, 0.05) is 34.9 Å². The monoisotopic (exact) mass is 311 g/mol. The minimum absolute atomic E-state index is 0.168. The molecule has 3 rings (SSSR count). The lowest BCUT2D eigenvalue weighted by Crippen LogP contribution is -2.50. The van der Waals surface area contributed by atoms with Gasteiger partial charge in [-0.05, 0) is 0 Å². The molecule has 1 fully saturated rings. The number of halogens is 1. The van der Waals surface area contributed by atoms with Crippen LogP contribution in [0.15, 0.2) is 33.8 Å². The molecule has 18 heavy (non-hydrogen) atoms. The molecular weight excluding hydrogens is 300 g/mol. The Hall–Kier alpha value is -1.47. The molecule has 6 nitrogen and oxygen atoms in total. The van der Waals surface area contributed by atoms with E-state index in [9.17, 15) is 4.79 Å². The van der Waals surface area contributed by atoms with Crippen LogP contribution in [0, 0.1) is 5.92 Å². The smallest absolute Gasteiger partial charge is 0.407 e. The van der Waals surface area contributed by atoms with Crippen molar-refractivity contribution in [3.05, 3.63) is 23.8 Å². The molecule has 1 saturated heterocycles. The molecule has 0 aromatic carbocycles. The largest absolute Gasteiger partial charge is 0.465 e. The highest BCUT2D eigenvalue weighted by Gasteiger charge is 2.45. The zero-order valence-corrected chi connectivity index (χ0v) is 11.3. The van der Waals surface area contributed by atoms with Crippen LogP contribution in [-0.2, 0) is 0 Å². The van der Waals surface area contributed by atoms with Crippen LogP contribution < -0.4 is 0 Å². The number of aliphatic imine (C=N–C) groups is 2. The zero-order valence-electron chi connectivity index (χ0n) is 9.75. The van der Waals surface area contributed by atoms with Crippen molar-refractivity contribution in [2.75, 3.05) is 20.1 Å². The third-order valence-electron chi connectivity index (χ3n) is 3.55. The van der Waals surface area contributed by atoms with E-state index in [4.69, 9.17) is 5.11 Å². The Bertz CT molecular complexity index is 545. The van der Waals surface area contributed by atoms with Crippen LogP contribution in [0.3, 0.4) is 0 Å². The molecule has 0 radical (unpaired) electrons. The summed E-state index contributed by atoms with van der Waals surface area (Å²) in [6.07, 6.45) is 4.63. The summed E-state index contributed by atoms with van der Waals surface area (Å²) < 4.78 is 1.28. The predicted octanol–water partition coefficient (Wildman–Crippen LogP) is 1.57. The van der Waals surface area contributed by atoms with E-state index in [1.165, 1.54) is 4.90 Å². The second-order valence-corrected chi connectivity index (χ2v) is 5.40. The number of amides is 1. The Morgan fingerprint density at radius 3 is 3.00 bits per heavy atom. The van der Waals surface area contributed by atoms with E-state index in [0.717, 1.165) is 16.1 Å². The van der Waals surface area contributed by atoms with Gasteiger partial charge in [0.2, 0.25) is 0 Å². The number of rotatable bonds is 1. The van der Waals surface area contributed by atoms with E-state index in [0.29, 0.717) is 17.6 Å². The van der Waals surface area contributed by atoms with Gasteiger partial charge in [0.1, 0.15) is 11.9 Å². The van der Waals surface area contributed by atoms with Crippen LogP contribution in [0.5, 0.6) is 0 Å². The van der Waals surface area contributed by atoms with E-state index in [-0.39, 0.29) is 5.92 Å². The average molecular weight is 312 g/mol. The molecule has 0 aromatic rings. The summed E-state index contributed by atoms with van der Waals surface area (Å²) in [6.45, 7) is 1.02. The lowest BCUT2D eigenvalue weighted by Gasteiger charge is -2.36. The van der Waals surface area contributed by atoms with E-state index >= 15 is 0 Å². The molecule has 0 spiro atoms. The Morgan fingerprint density at radius 2 is 2.33 bits per heavy atom. The molecule has 3 aliphatic rings. The number of carbonyl (C=O) groups is 1. The standard InChI is InChI=1S/C11H11BrN4O2/c1-16-3-2-13-4-8(16)9(14-10(16)12)7-5-15(6-7)11(17)18/h2-4,7H,5-6H2,1H3/p+1. The maximum Gasteiger partial charge on any atom is 0.407 e. The quantitative estimate of drug-likeness (QED) is 0.590. The van der Waals surface area contributed by atoms with Crippen molar-refractivity contribution < 1.29 is 14.4 Å².